The Kier molecular flexibility index (Phi) is 6.16. The van der Waals surface area contributed by atoms with E-state index in [-0.39, 0.29) is 12.5 Å². The number of carbonyl (C=O) groups excluding carboxylic acids is 1. The summed E-state index contributed by atoms with van der Waals surface area (Å²) in [6, 6.07) is 11.3. The Labute approximate surface area is 163 Å². The van der Waals surface area contributed by atoms with Crippen molar-refractivity contribution in [2.24, 2.45) is 0 Å². The predicted octanol–water partition coefficient (Wildman–Crippen LogP) is 3.69. The second-order valence-electron chi connectivity index (χ2n) is 5.21. The average Bonchev–Trinajstić information content (AvgIpc) is 3.29. The number of ether oxygens (including phenoxy) is 1. The van der Waals surface area contributed by atoms with Gasteiger partial charge in [0.1, 0.15) is 0 Å². The molecule has 2 heterocycles. The van der Waals surface area contributed by atoms with Crippen molar-refractivity contribution in [3.63, 3.8) is 0 Å². The largest absolute Gasteiger partial charge is 0.418 e. The molecule has 130 valence electrons. The molecule has 25 heavy (non-hydrogen) atoms. The summed E-state index contributed by atoms with van der Waals surface area (Å²) in [4.78, 5) is 15.4. The van der Waals surface area contributed by atoms with Crippen molar-refractivity contribution in [2.75, 3.05) is 20.3 Å². The van der Waals surface area contributed by atoms with Crippen LogP contribution in [0.2, 0.25) is 0 Å². The number of carbonyl (C=O) groups is 1. The third kappa shape index (κ3) is 4.65. The Morgan fingerprint density at radius 1 is 1.32 bits per heavy atom. The van der Waals surface area contributed by atoms with Crippen LogP contribution in [0.4, 0.5) is 0 Å². The average molecular weight is 469 g/mol. The second-order valence-corrected chi connectivity index (χ2v) is 7.40. The van der Waals surface area contributed by atoms with Crippen LogP contribution in [0.1, 0.15) is 16.2 Å². The van der Waals surface area contributed by atoms with E-state index in [1.807, 2.05) is 35.7 Å². The molecule has 0 N–H and O–H groups in total. The zero-order chi connectivity index (χ0) is 17.6. The van der Waals surface area contributed by atoms with Crippen LogP contribution in [0.5, 0.6) is 0 Å². The van der Waals surface area contributed by atoms with Gasteiger partial charge in [-0.15, -0.1) is 21.5 Å². The van der Waals surface area contributed by atoms with E-state index in [2.05, 4.69) is 32.8 Å². The van der Waals surface area contributed by atoms with Crippen LogP contribution < -0.4 is 0 Å². The number of nitrogens with zero attached hydrogens (tertiary/aromatic N) is 3. The molecule has 8 heteroatoms. The molecule has 0 fully saturated rings. The molecule has 0 bridgehead atoms. The standard InChI is InChI=1S/C17H16IN3O3S/c1-23-8-7-21(17(22)12-4-2-5-13(18)10-12)11-15-19-20-16(24-15)14-6-3-9-25-14/h2-6,9-10H,7-8,11H2,1H3. The smallest absolute Gasteiger partial charge is 0.257 e. The van der Waals surface area contributed by atoms with Crippen LogP contribution in [0.3, 0.4) is 0 Å². The summed E-state index contributed by atoms with van der Waals surface area (Å²) >= 11 is 3.72. The van der Waals surface area contributed by atoms with Gasteiger partial charge < -0.3 is 14.1 Å². The lowest BCUT2D eigenvalue weighted by molar-refractivity contribution is 0.0663. The minimum Gasteiger partial charge on any atom is -0.418 e. The fraction of sp³-hybridized carbons (Fsp3) is 0.235. The first-order valence-electron chi connectivity index (χ1n) is 7.57. The molecule has 0 spiro atoms. The summed E-state index contributed by atoms with van der Waals surface area (Å²) < 4.78 is 11.8. The lowest BCUT2D eigenvalue weighted by Crippen LogP contribution is -2.33. The highest BCUT2D eigenvalue weighted by molar-refractivity contribution is 14.1. The Bertz CT molecular complexity index is 835. The molecule has 1 amide bonds. The number of methoxy groups -OCH3 is 1. The highest BCUT2D eigenvalue weighted by Gasteiger charge is 2.19. The van der Waals surface area contributed by atoms with Gasteiger partial charge >= 0.3 is 0 Å². The van der Waals surface area contributed by atoms with Crippen molar-refractivity contribution in [2.45, 2.75) is 6.54 Å². The van der Waals surface area contributed by atoms with E-state index < -0.39 is 0 Å². The van der Waals surface area contributed by atoms with Gasteiger partial charge in [-0.05, 0) is 52.2 Å². The summed E-state index contributed by atoms with van der Waals surface area (Å²) in [6.07, 6.45) is 0. The molecular formula is C17H16IN3O3S. The van der Waals surface area contributed by atoms with Gasteiger partial charge in [0.2, 0.25) is 5.89 Å². The molecule has 3 rings (SSSR count). The number of hydrogen-bond donors (Lipinski definition) is 0. The normalized spacial score (nSPS) is 10.8. The minimum absolute atomic E-state index is 0.0913. The van der Waals surface area contributed by atoms with E-state index in [1.165, 1.54) is 11.3 Å². The van der Waals surface area contributed by atoms with Gasteiger partial charge in [-0.3, -0.25) is 4.79 Å². The first-order chi connectivity index (χ1) is 12.2. The molecule has 0 aliphatic heterocycles. The van der Waals surface area contributed by atoms with Crippen molar-refractivity contribution in [3.8, 4) is 10.8 Å². The molecule has 0 saturated carbocycles. The number of benzene rings is 1. The summed E-state index contributed by atoms with van der Waals surface area (Å²) in [7, 11) is 1.61. The van der Waals surface area contributed by atoms with Crippen LogP contribution in [0.15, 0.2) is 46.2 Å². The fourth-order valence-corrected chi connectivity index (χ4v) is 3.43. The van der Waals surface area contributed by atoms with Crippen LogP contribution in [-0.2, 0) is 11.3 Å². The predicted molar refractivity (Wildman–Crippen MR) is 103 cm³/mol. The van der Waals surface area contributed by atoms with Gasteiger partial charge in [0.05, 0.1) is 18.0 Å². The summed E-state index contributed by atoms with van der Waals surface area (Å²) in [5, 5.41) is 10.1. The molecule has 0 aliphatic rings. The second kappa shape index (κ2) is 8.54. The Balaban J connectivity index is 1.78. The highest BCUT2D eigenvalue weighted by atomic mass is 127. The number of rotatable bonds is 7. The zero-order valence-electron chi connectivity index (χ0n) is 13.5. The zero-order valence-corrected chi connectivity index (χ0v) is 16.5. The summed E-state index contributed by atoms with van der Waals surface area (Å²) in [6.45, 7) is 1.12. The van der Waals surface area contributed by atoms with Crippen molar-refractivity contribution in [1.82, 2.24) is 15.1 Å². The van der Waals surface area contributed by atoms with Gasteiger partial charge in [0.25, 0.3) is 11.8 Å². The van der Waals surface area contributed by atoms with Crippen molar-refractivity contribution in [3.05, 3.63) is 56.8 Å². The molecular weight excluding hydrogens is 453 g/mol. The number of thiophene rings is 1. The monoisotopic (exact) mass is 469 g/mol. The van der Waals surface area contributed by atoms with Crippen molar-refractivity contribution < 1.29 is 13.9 Å². The van der Waals surface area contributed by atoms with Crippen molar-refractivity contribution >= 4 is 39.8 Å². The van der Waals surface area contributed by atoms with Gasteiger partial charge in [0, 0.05) is 22.8 Å². The van der Waals surface area contributed by atoms with E-state index in [9.17, 15) is 4.79 Å². The number of hydrogen-bond acceptors (Lipinski definition) is 6. The highest BCUT2D eigenvalue weighted by Crippen LogP contribution is 2.23. The molecule has 0 atom stereocenters. The lowest BCUT2D eigenvalue weighted by atomic mass is 10.2. The molecule has 0 aliphatic carbocycles. The van der Waals surface area contributed by atoms with E-state index >= 15 is 0 Å². The molecule has 6 nitrogen and oxygen atoms in total. The van der Waals surface area contributed by atoms with E-state index in [4.69, 9.17) is 9.15 Å². The number of halogens is 1. The third-order valence-corrected chi connectivity index (χ3v) is 4.98. The molecule has 1 aromatic carbocycles. The van der Waals surface area contributed by atoms with Gasteiger partial charge in [0.15, 0.2) is 0 Å². The van der Waals surface area contributed by atoms with E-state index in [0.29, 0.717) is 30.5 Å². The molecule has 0 radical (unpaired) electrons. The van der Waals surface area contributed by atoms with Gasteiger partial charge in [-0.1, -0.05) is 12.1 Å². The molecule has 0 saturated heterocycles. The Morgan fingerprint density at radius 3 is 2.92 bits per heavy atom. The van der Waals surface area contributed by atoms with Crippen LogP contribution >= 0.6 is 33.9 Å². The molecule has 2 aromatic heterocycles. The van der Waals surface area contributed by atoms with Gasteiger partial charge in [-0.25, -0.2) is 0 Å². The maximum Gasteiger partial charge on any atom is 0.257 e. The quantitative estimate of drug-likeness (QED) is 0.494. The van der Waals surface area contributed by atoms with E-state index in [1.54, 1.807) is 18.1 Å². The summed E-state index contributed by atoms with van der Waals surface area (Å²) in [5.74, 6) is 0.781. The molecule has 3 aromatic rings. The van der Waals surface area contributed by atoms with Crippen LogP contribution in [0.25, 0.3) is 10.8 Å². The first-order valence-corrected chi connectivity index (χ1v) is 9.53. The number of amides is 1. The van der Waals surface area contributed by atoms with Crippen LogP contribution in [0, 0.1) is 3.57 Å². The van der Waals surface area contributed by atoms with Gasteiger partial charge in [-0.2, -0.15) is 0 Å². The Hall–Kier alpha value is -1.78. The maximum atomic E-state index is 12.8. The SMILES string of the molecule is COCCN(Cc1nnc(-c2cccs2)o1)C(=O)c1cccc(I)c1. The third-order valence-electron chi connectivity index (χ3n) is 3.45. The Morgan fingerprint density at radius 2 is 2.20 bits per heavy atom. The first kappa shape index (κ1) is 18.0. The summed E-state index contributed by atoms with van der Waals surface area (Å²) in [5.41, 5.74) is 0.626. The van der Waals surface area contributed by atoms with Crippen molar-refractivity contribution in [1.29, 1.82) is 0 Å². The number of aromatic nitrogens is 2. The maximum absolute atomic E-state index is 12.8. The molecule has 0 unspecified atom stereocenters. The lowest BCUT2D eigenvalue weighted by Gasteiger charge is -2.20. The topological polar surface area (TPSA) is 68.5 Å². The minimum atomic E-state index is -0.0913. The van der Waals surface area contributed by atoms with Crippen LogP contribution in [-0.4, -0.2) is 41.3 Å². The van der Waals surface area contributed by atoms with E-state index in [0.717, 1.165) is 8.45 Å². The fourth-order valence-electron chi connectivity index (χ4n) is 2.24.